The molecule has 0 fully saturated rings. The molecule has 1 aliphatic heterocycles. The topological polar surface area (TPSA) is 95.7 Å². The molecule has 2 heterocycles. The van der Waals surface area contributed by atoms with Crippen LogP contribution in [0.15, 0.2) is 59.4 Å². The number of hydrogen-bond acceptors (Lipinski definition) is 6. The molecule has 0 saturated heterocycles. The van der Waals surface area contributed by atoms with E-state index in [1.807, 2.05) is 42.3 Å². The lowest BCUT2D eigenvalue weighted by molar-refractivity contribution is -0.132. The van der Waals surface area contributed by atoms with Crippen LogP contribution in [0.2, 0.25) is 0 Å². The van der Waals surface area contributed by atoms with Crippen molar-refractivity contribution < 1.29 is 19.1 Å². The van der Waals surface area contributed by atoms with Gasteiger partial charge in [0.15, 0.2) is 11.5 Å². The predicted octanol–water partition coefficient (Wildman–Crippen LogP) is 2.94. The number of halogens is 1. The Labute approximate surface area is 208 Å². The number of likely N-dealkylation sites (N-methyl/N-ethyl adjacent to an activating group) is 1. The highest BCUT2D eigenvalue weighted by Gasteiger charge is 2.33. The summed E-state index contributed by atoms with van der Waals surface area (Å²) in [6, 6.07) is 14.7. The average Bonchev–Trinajstić information content (AvgIpc) is 3.03. The van der Waals surface area contributed by atoms with Gasteiger partial charge in [-0.15, -0.1) is 0 Å². The Balaban J connectivity index is 1.71. The first-order valence-corrected chi connectivity index (χ1v) is 11.9. The summed E-state index contributed by atoms with van der Waals surface area (Å²) in [5, 5.41) is 10.6. The van der Waals surface area contributed by atoms with E-state index in [0.29, 0.717) is 26.1 Å². The number of hydrogen-bond donors (Lipinski definition) is 1. The predicted molar refractivity (Wildman–Crippen MR) is 132 cm³/mol. The van der Waals surface area contributed by atoms with E-state index in [0.717, 1.165) is 11.1 Å². The number of amides is 1. The summed E-state index contributed by atoms with van der Waals surface area (Å²) < 4.78 is 14.5. The lowest BCUT2D eigenvalue weighted by Crippen LogP contribution is -2.40. The Bertz CT molecular complexity index is 1310. The molecule has 0 spiro atoms. The van der Waals surface area contributed by atoms with Gasteiger partial charge in [0.25, 0.3) is 5.56 Å². The van der Waals surface area contributed by atoms with Crippen molar-refractivity contribution in [2.75, 3.05) is 20.1 Å². The molecule has 1 aromatic heterocycles. The van der Waals surface area contributed by atoms with Crippen molar-refractivity contribution in [1.29, 1.82) is 0 Å². The van der Waals surface area contributed by atoms with E-state index in [1.54, 1.807) is 17.0 Å². The normalized spacial score (nSPS) is 15.7. The minimum atomic E-state index is -0.700. The molecule has 188 valence electrons. The minimum Gasteiger partial charge on any atom is -0.501 e. The van der Waals surface area contributed by atoms with Crippen molar-refractivity contribution >= 4 is 11.7 Å². The molecule has 2 aromatic carbocycles. The number of ketones is 1. The Hall–Kier alpha value is -3.85. The highest BCUT2D eigenvalue weighted by atomic mass is 19.1. The first kappa shape index (κ1) is 25.2. The van der Waals surface area contributed by atoms with Gasteiger partial charge in [0, 0.05) is 39.5 Å². The zero-order valence-electron chi connectivity index (χ0n) is 20.4. The molecule has 0 aliphatic carbocycles. The van der Waals surface area contributed by atoms with Gasteiger partial charge in [0.05, 0.1) is 0 Å². The fraction of sp³-hybridized carbons (Fsp3) is 0.333. The van der Waals surface area contributed by atoms with Crippen LogP contribution in [0.1, 0.15) is 46.8 Å². The third-order valence-electron chi connectivity index (χ3n) is 6.46. The number of aromatic nitrogens is 2. The molecule has 0 radical (unpaired) electrons. The van der Waals surface area contributed by atoms with E-state index < -0.39 is 23.1 Å². The first-order valence-electron chi connectivity index (χ1n) is 11.9. The number of carbonyl (C=O) groups excluding carboxylic acids is 2. The van der Waals surface area contributed by atoms with E-state index in [4.69, 9.17) is 0 Å². The summed E-state index contributed by atoms with van der Waals surface area (Å²) in [7, 11) is 1.89. The molecule has 1 amide bonds. The summed E-state index contributed by atoms with van der Waals surface area (Å²) >= 11 is 0. The Morgan fingerprint density at radius 3 is 2.44 bits per heavy atom. The highest BCUT2D eigenvalue weighted by molar-refractivity contribution is 5.96. The van der Waals surface area contributed by atoms with Gasteiger partial charge in [-0.05, 0) is 36.7 Å². The number of aryl methyl sites for hydroxylation is 1. The Kier molecular flexibility index (Phi) is 7.59. The van der Waals surface area contributed by atoms with Crippen LogP contribution in [0.3, 0.4) is 0 Å². The molecular weight excluding hydrogens is 463 g/mol. The Morgan fingerprint density at radius 1 is 1.08 bits per heavy atom. The van der Waals surface area contributed by atoms with Crippen LogP contribution in [0.4, 0.5) is 4.39 Å². The van der Waals surface area contributed by atoms with Crippen LogP contribution in [0.25, 0.3) is 0 Å². The van der Waals surface area contributed by atoms with Crippen LogP contribution >= 0.6 is 0 Å². The number of nitrogens with zero attached hydrogens (tertiary/aromatic N) is 4. The number of fused-ring (bicyclic) bond motifs is 1. The molecule has 4 rings (SSSR count). The molecule has 1 atom stereocenters. The largest absolute Gasteiger partial charge is 0.501 e. The van der Waals surface area contributed by atoms with E-state index in [-0.39, 0.29) is 36.2 Å². The molecule has 1 aliphatic rings. The van der Waals surface area contributed by atoms with Gasteiger partial charge in [-0.2, -0.15) is 0 Å². The average molecular weight is 493 g/mol. The Morgan fingerprint density at radius 2 is 1.78 bits per heavy atom. The third kappa shape index (κ3) is 5.52. The van der Waals surface area contributed by atoms with Crippen molar-refractivity contribution in [3.63, 3.8) is 0 Å². The number of carbonyl (C=O) groups is 2. The van der Waals surface area contributed by atoms with Crippen molar-refractivity contribution in [1.82, 2.24) is 19.4 Å². The lowest BCUT2D eigenvalue weighted by Gasteiger charge is -2.32. The lowest BCUT2D eigenvalue weighted by atomic mass is 10.1. The monoisotopic (exact) mass is 492 g/mol. The second kappa shape index (κ2) is 10.8. The number of rotatable bonds is 7. The number of Topliss-reactive ketones (excluding diaryl/α,β-unsaturated/α-hetero) is 1. The molecule has 36 heavy (non-hydrogen) atoms. The molecular formula is C27H29FN4O4. The van der Waals surface area contributed by atoms with Gasteiger partial charge < -0.3 is 14.9 Å². The first-order chi connectivity index (χ1) is 17.2. The van der Waals surface area contributed by atoms with E-state index in [9.17, 15) is 23.9 Å². The van der Waals surface area contributed by atoms with E-state index in [2.05, 4.69) is 4.98 Å². The smallest absolute Gasteiger partial charge is 0.296 e. The molecule has 0 bridgehead atoms. The summed E-state index contributed by atoms with van der Waals surface area (Å²) in [6.07, 6.45) is 0.290. The number of aromatic hydroxyl groups is 1. The zero-order valence-corrected chi connectivity index (χ0v) is 20.4. The second-order valence-electron chi connectivity index (χ2n) is 9.08. The molecule has 8 nitrogen and oxygen atoms in total. The van der Waals surface area contributed by atoms with Crippen molar-refractivity contribution in [3.05, 3.63) is 93.4 Å². The highest BCUT2D eigenvalue weighted by Crippen LogP contribution is 2.27. The van der Waals surface area contributed by atoms with Gasteiger partial charge >= 0.3 is 0 Å². The summed E-state index contributed by atoms with van der Waals surface area (Å²) in [5.74, 6) is -1.48. The van der Waals surface area contributed by atoms with E-state index in [1.165, 1.54) is 23.6 Å². The van der Waals surface area contributed by atoms with Gasteiger partial charge in [0.2, 0.25) is 11.7 Å². The maximum Gasteiger partial charge on any atom is 0.296 e. The van der Waals surface area contributed by atoms with Crippen LogP contribution in [-0.2, 0) is 24.3 Å². The van der Waals surface area contributed by atoms with Crippen molar-refractivity contribution in [3.8, 4) is 5.75 Å². The molecule has 1 unspecified atom stereocenters. The van der Waals surface area contributed by atoms with Gasteiger partial charge in [-0.3, -0.25) is 19.0 Å². The summed E-state index contributed by atoms with van der Waals surface area (Å²) in [6.45, 7) is 2.96. The SMILES string of the molecule is CC(=O)N(Cc1ccccc1)C1CN(C)CCn2c1nc(C(=O)CCc1ccc(F)cc1)c(O)c2=O. The molecule has 1 N–H and O–H groups in total. The number of benzene rings is 2. The van der Waals surface area contributed by atoms with Crippen molar-refractivity contribution in [2.24, 2.45) is 0 Å². The standard InChI is InChI=1S/C27H29FN4O4/c1-18(33)32(16-20-6-4-3-5-7-20)22-17-30(2)14-15-31-26(22)29-24(25(35)27(31)36)23(34)13-10-19-8-11-21(28)12-9-19/h3-9,11-12,22,35H,10,13-17H2,1-2H3. The zero-order chi connectivity index (χ0) is 25.8. The van der Waals surface area contributed by atoms with Crippen LogP contribution < -0.4 is 5.56 Å². The van der Waals surface area contributed by atoms with Crippen LogP contribution in [0, 0.1) is 5.82 Å². The quantitative estimate of drug-likeness (QED) is 0.510. The van der Waals surface area contributed by atoms with Crippen LogP contribution in [-0.4, -0.2) is 56.3 Å². The maximum absolute atomic E-state index is 13.2. The summed E-state index contributed by atoms with van der Waals surface area (Å²) in [4.78, 5) is 47.1. The minimum absolute atomic E-state index is 0.0138. The second-order valence-corrected chi connectivity index (χ2v) is 9.08. The maximum atomic E-state index is 13.2. The van der Waals surface area contributed by atoms with E-state index >= 15 is 0 Å². The molecule has 9 heteroatoms. The van der Waals surface area contributed by atoms with Gasteiger partial charge in [-0.1, -0.05) is 42.5 Å². The van der Waals surface area contributed by atoms with Gasteiger partial charge in [-0.25, -0.2) is 9.37 Å². The third-order valence-corrected chi connectivity index (χ3v) is 6.46. The molecule has 3 aromatic rings. The van der Waals surface area contributed by atoms with Crippen LogP contribution in [0.5, 0.6) is 5.75 Å². The van der Waals surface area contributed by atoms with Gasteiger partial charge in [0.1, 0.15) is 17.7 Å². The fourth-order valence-corrected chi connectivity index (χ4v) is 4.45. The van der Waals surface area contributed by atoms with Crippen molar-refractivity contribution in [2.45, 2.75) is 38.9 Å². The fourth-order valence-electron chi connectivity index (χ4n) is 4.45. The molecule has 0 saturated carbocycles. The summed E-state index contributed by atoms with van der Waals surface area (Å²) in [5.41, 5.74) is 0.670.